The molecule has 0 spiro atoms. The number of nitrogens with one attached hydrogen (secondary N) is 1. The van der Waals surface area contributed by atoms with Crippen LogP contribution >= 0.6 is 0 Å². The van der Waals surface area contributed by atoms with Gasteiger partial charge in [-0.1, -0.05) is 5.16 Å². The first-order valence-corrected chi connectivity index (χ1v) is 6.61. The molecular formula is C13H14N4O4. The average Bonchev–Trinajstić information content (AvgIpc) is 2.99. The minimum Gasteiger partial charge on any atom is -0.379 e. The molecule has 2 heterocycles. The van der Waals surface area contributed by atoms with Crippen molar-refractivity contribution < 1.29 is 14.6 Å². The summed E-state index contributed by atoms with van der Waals surface area (Å²) in [6.45, 7) is 1.22. The van der Waals surface area contributed by atoms with Crippen molar-refractivity contribution >= 4 is 5.69 Å². The number of aliphatic hydroxyl groups is 1. The molecule has 1 aromatic heterocycles. The molecule has 3 rings (SSSR count). The molecule has 8 heteroatoms. The lowest BCUT2D eigenvalue weighted by atomic mass is 9.94. The van der Waals surface area contributed by atoms with Crippen molar-refractivity contribution in [1.82, 2.24) is 15.5 Å². The molecule has 1 saturated heterocycles. The van der Waals surface area contributed by atoms with Gasteiger partial charge in [-0.3, -0.25) is 10.1 Å². The highest BCUT2D eigenvalue weighted by Crippen LogP contribution is 2.29. The molecule has 0 aliphatic carbocycles. The zero-order chi connectivity index (χ0) is 14.9. The van der Waals surface area contributed by atoms with Crippen LogP contribution in [-0.4, -0.2) is 33.3 Å². The van der Waals surface area contributed by atoms with E-state index in [9.17, 15) is 15.2 Å². The van der Waals surface area contributed by atoms with Gasteiger partial charge in [-0.15, -0.1) is 0 Å². The maximum Gasteiger partial charge on any atom is 0.269 e. The van der Waals surface area contributed by atoms with Crippen molar-refractivity contribution in [2.75, 3.05) is 13.1 Å². The second-order valence-electron chi connectivity index (χ2n) is 5.04. The van der Waals surface area contributed by atoms with Crippen LogP contribution in [-0.2, 0) is 5.60 Å². The summed E-state index contributed by atoms with van der Waals surface area (Å²) in [7, 11) is 0. The van der Waals surface area contributed by atoms with Gasteiger partial charge in [-0.25, -0.2) is 0 Å². The monoisotopic (exact) mass is 290 g/mol. The number of nitro benzene ring substituents is 1. The Bertz CT molecular complexity index is 646. The van der Waals surface area contributed by atoms with Crippen LogP contribution < -0.4 is 5.32 Å². The van der Waals surface area contributed by atoms with Gasteiger partial charge in [0.2, 0.25) is 5.82 Å². The number of benzene rings is 1. The molecule has 1 aromatic carbocycles. The molecule has 1 fully saturated rings. The number of nitrogens with zero attached hydrogens (tertiary/aromatic N) is 3. The predicted octanol–water partition coefficient (Wildman–Crippen LogP) is 1.22. The minimum atomic E-state index is -1.15. The molecule has 110 valence electrons. The Morgan fingerprint density at radius 2 is 2.14 bits per heavy atom. The van der Waals surface area contributed by atoms with Crippen molar-refractivity contribution in [3.63, 3.8) is 0 Å². The Morgan fingerprint density at radius 1 is 1.38 bits per heavy atom. The summed E-state index contributed by atoms with van der Waals surface area (Å²) in [5.41, 5.74) is -0.551. The van der Waals surface area contributed by atoms with Gasteiger partial charge >= 0.3 is 0 Å². The highest BCUT2D eigenvalue weighted by molar-refractivity contribution is 5.56. The van der Waals surface area contributed by atoms with Crippen molar-refractivity contribution in [2.24, 2.45) is 0 Å². The van der Waals surface area contributed by atoms with E-state index in [4.69, 9.17) is 4.52 Å². The van der Waals surface area contributed by atoms with Gasteiger partial charge in [-0.05, 0) is 31.5 Å². The zero-order valence-corrected chi connectivity index (χ0v) is 11.2. The van der Waals surface area contributed by atoms with Gasteiger partial charge in [0.25, 0.3) is 11.6 Å². The summed E-state index contributed by atoms with van der Waals surface area (Å²) in [6.07, 6.45) is 1.38. The number of aromatic nitrogens is 2. The summed E-state index contributed by atoms with van der Waals surface area (Å²) >= 11 is 0. The Balaban J connectivity index is 1.85. The third kappa shape index (κ3) is 2.63. The fourth-order valence-electron chi connectivity index (χ4n) is 2.33. The fourth-order valence-corrected chi connectivity index (χ4v) is 2.33. The Kier molecular flexibility index (Phi) is 3.40. The van der Waals surface area contributed by atoms with E-state index < -0.39 is 10.5 Å². The predicted molar refractivity (Wildman–Crippen MR) is 72.4 cm³/mol. The molecule has 21 heavy (non-hydrogen) atoms. The first-order chi connectivity index (χ1) is 10.1. The quantitative estimate of drug-likeness (QED) is 0.645. The molecule has 2 aromatic rings. The number of β-amino-alcohol motifs (C(OH)–C–C–N with tert-alkyl or cyclic N) is 1. The lowest BCUT2D eigenvalue weighted by Crippen LogP contribution is -2.43. The van der Waals surface area contributed by atoms with Crippen LogP contribution in [0.1, 0.15) is 18.7 Å². The molecule has 0 radical (unpaired) electrons. The van der Waals surface area contributed by atoms with Crippen LogP contribution in [0.3, 0.4) is 0 Å². The Labute approximate surface area is 119 Å². The van der Waals surface area contributed by atoms with E-state index in [1.54, 1.807) is 12.1 Å². The summed E-state index contributed by atoms with van der Waals surface area (Å²) in [6, 6.07) is 5.86. The van der Waals surface area contributed by atoms with Gasteiger partial charge in [0.15, 0.2) is 5.60 Å². The van der Waals surface area contributed by atoms with Crippen LogP contribution in [0, 0.1) is 10.1 Å². The van der Waals surface area contributed by atoms with Gasteiger partial charge in [0.1, 0.15) is 0 Å². The van der Waals surface area contributed by atoms with Crippen LogP contribution in [0.2, 0.25) is 0 Å². The number of piperidine rings is 1. The average molecular weight is 290 g/mol. The van der Waals surface area contributed by atoms with Crippen molar-refractivity contribution in [1.29, 1.82) is 0 Å². The van der Waals surface area contributed by atoms with Crippen LogP contribution in [0.25, 0.3) is 11.4 Å². The molecule has 1 atom stereocenters. The van der Waals surface area contributed by atoms with Crippen LogP contribution in [0.4, 0.5) is 5.69 Å². The maximum atomic E-state index is 10.6. The molecule has 2 N–H and O–H groups in total. The van der Waals surface area contributed by atoms with Gasteiger partial charge in [0, 0.05) is 24.2 Å². The maximum absolute atomic E-state index is 10.6. The fraction of sp³-hybridized carbons (Fsp3) is 0.385. The largest absolute Gasteiger partial charge is 0.379 e. The van der Waals surface area contributed by atoms with E-state index in [-0.39, 0.29) is 11.6 Å². The van der Waals surface area contributed by atoms with Gasteiger partial charge in [-0.2, -0.15) is 4.98 Å². The van der Waals surface area contributed by atoms with E-state index in [2.05, 4.69) is 15.5 Å². The summed E-state index contributed by atoms with van der Waals surface area (Å²) < 4.78 is 5.15. The van der Waals surface area contributed by atoms with E-state index in [1.165, 1.54) is 12.1 Å². The molecule has 0 amide bonds. The number of hydrogen-bond donors (Lipinski definition) is 2. The zero-order valence-electron chi connectivity index (χ0n) is 11.2. The highest BCUT2D eigenvalue weighted by Gasteiger charge is 2.37. The smallest absolute Gasteiger partial charge is 0.269 e. The summed E-state index contributed by atoms with van der Waals surface area (Å²) in [5.74, 6) is 0.474. The number of hydrogen-bond acceptors (Lipinski definition) is 7. The lowest BCUT2D eigenvalue weighted by Gasteiger charge is -2.28. The topological polar surface area (TPSA) is 114 Å². The van der Waals surface area contributed by atoms with Gasteiger partial charge in [0.05, 0.1) is 4.92 Å². The Hall–Kier alpha value is -2.32. The van der Waals surface area contributed by atoms with E-state index in [1.807, 2.05) is 0 Å². The van der Waals surface area contributed by atoms with Crippen molar-refractivity contribution in [2.45, 2.75) is 18.4 Å². The third-order valence-corrected chi connectivity index (χ3v) is 3.52. The third-order valence-electron chi connectivity index (χ3n) is 3.52. The molecular weight excluding hydrogens is 276 g/mol. The second kappa shape index (κ2) is 5.23. The second-order valence-corrected chi connectivity index (χ2v) is 5.04. The number of non-ortho nitro benzene ring substituents is 1. The minimum absolute atomic E-state index is 0.00224. The standard InChI is InChI=1S/C13H14N4O4/c18-13(6-1-7-14-8-13)12-15-11(16-21-12)9-2-4-10(5-3-9)17(19)20/h2-5,14,18H,1,6-8H2. The lowest BCUT2D eigenvalue weighted by molar-refractivity contribution is -0.384. The molecule has 1 aliphatic rings. The molecule has 0 bridgehead atoms. The van der Waals surface area contributed by atoms with Crippen molar-refractivity contribution in [3.05, 3.63) is 40.3 Å². The molecule has 0 saturated carbocycles. The number of nitro groups is 1. The normalized spacial score (nSPS) is 22.1. The summed E-state index contributed by atoms with van der Waals surface area (Å²) in [5, 5.41) is 28.0. The molecule has 1 aliphatic heterocycles. The van der Waals surface area contributed by atoms with E-state index >= 15 is 0 Å². The molecule has 8 nitrogen and oxygen atoms in total. The van der Waals surface area contributed by atoms with E-state index in [0.717, 1.165) is 13.0 Å². The Morgan fingerprint density at radius 3 is 2.76 bits per heavy atom. The van der Waals surface area contributed by atoms with Crippen molar-refractivity contribution in [3.8, 4) is 11.4 Å². The highest BCUT2D eigenvalue weighted by atomic mass is 16.6. The SMILES string of the molecule is O=[N+]([O-])c1ccc(-c2noc(C3(O)CCCNC3)n2)cc1. The van der Waals surface area contributed by atoms with Gasteiger partial charge < -0.3 is 14.9 Å². The van der Waals surface area contributed by atoms with Crippen LogP contribution in [0.5, 0.6) is 0 Å². The summed E-state index contributed by atoms with van der Waals surface area (Å²) in [4.78, 5) is 14.4. The number of rotatable bonds is 3. The molecule has 1 unspecified atom stereocenters. The first kappa shape index (κ1) is 13.7. The first-order valence-electron chi connectivity index (χ1n) is 6.61. The van der Waals surface area contributed by atoms with Crippen LogP contribution in [0.15, 0.2) is 28.8 Å². The van der Waals surface area contributed by atoms with E-state index in [0.29, 0.717) is 24.4 Å².